The van der Waals surface area contributed by atoms with E-state index in [1.54, 1.807) is 24.3 Å². The second-order valence-corrected chi connectivity index (χ2v) is 10.2. The quantitative estimate of drug-likeness (QED) is 0.488. The van der Waals surface area contributed by atoms with Crippen LogP contribution >= 0.6 is 0 Å². The van der Waals surface area contributed by atoms with Crippen LogP contribution in [-0.2, 0) is 14.8 Å². The fraction of sp³-hybridized carbons (Fsp3) is 0.292. The molecule has 1 aliphatic heterocycles. The third-order valence-electron chi connectivity index (χ3n) is 6.24. The number of hydrogen-bond donors (Lipinski definition) is 3. The van der Waals surface area contributed by atoms with Crippen LogP contribution < -0.4 is 21.7 Å². The van der Waals surface area contributed by atoms with E-state index in [1.165, 1.54) is 16.8 Å². The van der Waals surface area contributed by atoms with Gasteiger partial charge in [0, 0.05) is 36.7 Å². The van der Waals surface area contributed by atoms with Crippen molar-refractivity contribution < 1.29 is 13.2 Å². The third-order valence-corrected chi connectivity index (χ3v) is 7.65. The zero-order valence-electron chi connectivity index (χ0n) is 19.0. The molecule has 1 saturated heterocycles. The predicted molar refractivity (Wildman–Crippen MR) is 134 cm³/mol. The minimum Gasteiger partial charge on any atom is -0.383 e. The van der Waals surface area contributed by atoms with E-state index in [4.69, 9.17) is 16.2 Å². The smallest absolute Gasteiger partial charge is 0.265 e. The van der Waals surface area contributed by atoms with E-state index < -0.39 is 10.0 Å². The number of pyridine rings is 1. The highest BCUT2D eigenvalue weighted by Gasteiger charge is 2.23. The molecule has 182 valence electrons. The van der Waals surface area contributed by atoms with Gasteiger partial charge in [0.15, 0.2) is 0 Å². The fourth-order valence-corrected chi connectivity index (χ4v) is 5.60. The number of nitrogen functional groups attached to an aromatic ring is 2. The lowest BCUT2D eigenvalue weighted by molar-refractivity contribution is 0.0692. The number of rotatable bonds is 5. The summed E-state index contributed by atoms with van der Waals surface area (Å²) in [5.74, 6) is 0.0561. The summed E-state index contributed by atoms with van der Waals surface area (Å²) in [4.78, 5) is 21.8. The molecule has 3 heterocycles. The van der Waals surface area contributed by atoms with Crippen molar-refractivity contribution in [1.29, 1.82) is 0 Å². The summed E-state index contributed by atoms with van der Waals surface area (Å²) in [6.07, 6.45) is 9.90. The van der Waals surface area contributed by atoms with Crippen molar-refractivity contribution in [1.82, 2.24) is 19.3 Å². The van der Waals surface area contributed by atoms with E-state index in [-0.39, 0.29) is 28.3 Å². The van der Waals surface area contributed by atoms with E-state index in [0.29, 0.717) is 53.8 Å². The monoisotopic (exact) mass is 494 g/mol. The Morgan fingerprint density at radius 2 is 1.89 bits per heavy atom. The lowest BCUT2D eigenvalue weighted by Gasteiger charge is -2.25. The van der Waals surface area contributed by atoms with Crippen LogP contribution in [0.1, 0.15) is 31.7 Å². The minimum atomic E-state index is -3.96. The van der Waals surface area contributed by atoms with Crippen molar-refractivity contribution in [2.24, 2.45) is 0 Å². The Bertz CT molecular complexity index is 1520. The highest BCUT2D eigenvalue weighted by atomic mass is 32.2. The number of hydrogen-bond acceptors (Lipinski definition) is 8. The summed E-state index contributed by atoms with van der Waals surface area (Å²) in [5, 5.41) is 0.389. The Labute approximate surface area is 202 Å². The molecule has 0 saturated carbocycles. The van der Waals surface area contributed by atoms with E-state index in [0.717, 1.165) is 12.8 Å². The SMILES string of the molecule is Nc1ncc(-c2ccc3nc(N)n(C4CCOCC4)c(=O)c3c2)cc1S(=O)(=O)NC1=CCCC=C1. The van der Waals surface area contributed by atoms with Crippen molar-refractivity contribution >= 4 is 32.7 Å². The first-order chi connectivity index (χ1) is 16.8. The summed E-state index contributed by atoms with van der Waals surface area (Å²) in [5.41, 5.74) is 13.9. The van der Waals surface area contributed by atoms with Gasteiger partial charge in [-0.3, -0.25) is 14.1 Å². The van der Waals surface area contributed by atoms with Gasteiger partial charge in [0.2, 0.25) is 5.95 Å². The third kappa shape index (κ3) is 4.52. The molecule has 0 atom stereocenters. The lowest BCUT2D eigenvalue weighted by Crippen LogP contribution is -2.31. The van der Waals surface area contributed by atoms with Crippen molar-refractivity contribution in [2.75, 3.05) is 24.7 Å². The van der Waals surface area contributed by atoms with Gasteiger partial charge in [-0.15, -0.1) is 0 Å². The van der Waals surface area contributed by atoms with E-state index in [2.05, 4.69) is 14.7 Å². The summed E-state index contributed by atoms with van der Waals surface area (Å²) >= 11 is 0. The molecule has 1 fully saturated rings. The second kappa shape index (κ2) is 9.16. The molecule has 11 heteroatoms. The molecule has 2 aliphatic rings. The van der Waals surface area contributed by atoms with E-state index in [9.17, 15) is 13.2 Å². The van der Waals surface area contributed by atoms with Gasteiger partial charge in [-0.1, -0.05) is 18.2 Å². The normalized spacial score (nSPS) is 16.9. The van der Waals surface area contributed by atoms with Gasteiger partial charge in [-0.2, -0.15) is 0 Å². The highest BCUT2D eigenvalue weighted by molar-refractivity contribution is 7.89. The molecule has 0 spiro atoms. The Balaban J connectivity index is 1.56. The Morgan fingerprint density at radius 1 is 1.09 bits per heavy atom. The number of nitrogens with zero attached hydrogens (tertiary/aromatic N) is 3. The van der Waals surface area contributed by atoms with Gasteiger partial charge < -0.3 is 16.2 Å². The van der Waals surface area contributed by atoms with Gasteiger partial charge >= 0.3 is 0 Å². The van der Waals surface area contributed by atoms with E-state index in [1.807, 2.05) is 12.2 Å². The average Bonchev–Trinajstić information content (AvgIpc) is 2.85. The summed E-state index contributed by atoms with van der Waals surface area (Å²) in [7, 11) is -3.96. The van der Waals surface area contributed by atoms with Gasteiger partial charge in [-0.05, 0) is 55.5 Å². The Kier molecular flexibility index (Phi) is 6.03. The van der Waals surface area contributed by atoms with Crippen molar-refractivity contribution in [3.05, 3.63) is 64.7 Å². The first kappa shape index (κ1) is 23.1. The fourth-order valence-electron chi connectivity index (χ4n) is 4.42. The van der Waals surface area contributed by atoms with Crippen molar-refractivity contribution in [3.8, 4) is 11.1 Å². The van der Waals surface area contributed by atoms with Crippen molar-refractivity contribution in [2.45, 2.75) is 36.6 Å². The average molecular weight is 495 g/mol. The van der Waals surface area contributed by atoms with Crippen LogP contribution in [0.25, 0.3) is 22.0 Å². The number of anilines is 2. The Morgan fingerprint density at radius 3 is 2.63 bits per heavy atom. The second-order valence-electron chi connectivity index (χ2n) is 8.57. The highest BCUT2D eigenvalue weighted by Crippen LogP contribution is 2.28. The maximum atomic E-state index is 13.4. The molecule has 1 aromatic carbocycles. The molecule has 1 aliphatic carbocycles. The zero-order chi connectivity index (χ0) is 24.6. The van der Waals surface area contributed by atoms with Crippen LogP contribution in [0.2, 0.25) is 0 Å². The standard InChI is InChI=1S/C24H26N6O4S/c25-22-21(35(32,33)29-17-4-2-1-3-5-17)13-16(14-27-22)15-6-7-20-19(12-15)23(31)30(24(26)28-20)18-8-10-34-11-9-18/h2,4-7,12-14,18,29H,1,3,8-11H2,(H2,25,27)(H2,26,28). The number of allylic oxidation sites excluding steroid dienone is 3. The molecule has 0 unspecified atom stereocenters. The zero-order valence-corrected chi connectivity index (χ0v) is 19.8. The van der Waals surface area contributed by atoms with Crippen LogP contribution in [0, 0.1) is 0 Å². The largest absolute Gasteiger partial charge is 0.383 e. The Hall–Kier alpha value is -3.70. The molecule has 0 radical (unpaired) electrons. The van der Waals surface area contributed by atoms with Crippen LogP contribution in [0.15, 0.2) is 64.1 Å². The number of nitrogens with two attached hydrogens (primary N) is 2. The number of aromatic nitrogens is 3. The number of sulfonamides is 1. The maximum Gasteiger partial charge on any atom is 0.265 e. The maximum absolute atomic E-state index is 13.4. The predicted octanol–water partition coefficient (Wildman–Crippen LogP) is 2.49. The number of fused-ring (bicyclic) bond motifs is 1. The van der Waals surface area contributed by atoms with Gasteiger partial charge in [0.25, 0.3) is 15.6 Å². The number of nitrogens with one attached hydrogen (secondary N) is 1. The summed E-state index contributed by atoms with van der Waals surface area (Å²) < 4.78 is 35.6. The summed E-state index contributed by atoms with van der Waals surface area (Å²) in [6.45, 7) is 1.12. The van der Waals surface area contributed by atoms with Gasteiger partial charge in [0.05, 0.1) is 10.9 Å². The number of ether oxygens (including phenoxy) is 1. The van der Waals surface area contributed by atoms with Crippen LogP contribution in [-0.4, -0.2) is 36.2 Å². The molecular formula is C24H26N6O4S. The molecule has 10 nitrogen and oxygen atoms in total. The summed E-state index contributed by atoms with van der Waals surface area (Å²) in [6, 6.07) is 6.50. The van der Waals surface area contributed by atoms with Crippen LogP contribution in [0.5, 0.6) is 0 Å². The molecule has 5 rings (SSSR count). The molecular weight excluding hydrogens is 468 g/mol. The van der Waals surface area contributed by atoms with Gasteiger partial charge in [-0.25, -0.2) is 18.4 Å². The lowest BCUT2D eigenvalue weighted by atomic mass is 10.0. The molecule has 3 aromatic rings. The van der Waals surface area contributed by atoms with Crippen LogP contribution in [0.4, 0.5) is 11.8 Å². The van der Waals surface area contributed by atoms with Crippen LogP contribution in [0.3, 0.4) is 0 Å². The minimum absolute atomic E-state index is 0.0824. The molecule has 2 aromatic heterocycles. The first-order valence-corrected chi connectivity index (χ1v) is 12.9. The first-order valence-electron chi connectivity index (χ1n) is 11.4. The molecule has 35 heavy (non-hydrogen) atoms. The van der Waals surface area contributed by atoms with E-state index >= 15 is 0 Å². The van der Waals surface area contributed by atoms with Gasteiger partial charge in [0.1, 0.15) is 10.7 Å². The topological polar surface area (TPSA) is 155 Å². The number of benzene rings is 1. The molecule has 5 N–H and O–H groups in total. The molecule has 0 bridgehead atoms. The van der Waals surface area contributed by atoms with Crippen molar-refractivity contribution in [3.63, 3.8) is 0 Å². The molecule has 0 amide bonds.